The summed E-state index contributed by atoms with van der Waals surface area (Å²) in [5.41, 5.74) is 18.3. The number of pyridine rings is 3. The summed E-state index contributed by atoms with van der Waals surface area (Å²) in [5, 5.41) is 19.1. The maximum absolute atomic E-state index is 6.51. The Morgan fingerprint density at radius 2 is 0.538 bits per heavy atom. The average Bonchev–Trinajstić information content (AvgIpc) is 1.58. The Labute approximate surface area is 599 Å². The van der Waals surface area contributed by atoms with E-state index in [9.17, 15) is 0 Å². The summed E-state index contributed by atoms with van der Waals surface area (Å²) in [5.74, 6) is 2.75. The van der Waals surface area contributed by atoms with Crippen molar-refractivity contribution in [3.8, 4) is 45.4 Å². The molecule has 0 radical (unpaired) electrons. The number of thiophene rings is 2. The molecule has 11 heteroatoms. The molecule has 0 fully saturated rings. The molecule has 24 rings (SSSR count). The van der Waals surface area contributed by atoms with E-state index in [2.05, 4.69) is 291 Å². The molecule has 0 aliphatic rings. The molecule has 484 valence electrons. The second-order valence-corrected chi connectivity index (χ2v) is 29.0. The van der Waals surface area contributed by atoms with E-state index in [-0.39, 0.29) is 0 Å². The van der Waals surface area contributed by atoms with Crippen LogP contribution in [0.5, 0.6) is 0 Å². The van der Waals surface area contributed by atoms with Crippen LogP contribution in [0.3, 0.4) is 0 Å². The number of rotatable bonds is 6. The average molecular weight is 1360 g/mol. The number of hydrogen-bond acceptors (Lipinski definition) is 7. The lowest BCUT2D eigenvalue weighted by Crippen LogP contribution is -1.97. The van der Waals surface area contributed by atoms with Gasteiger partial charge in [-0.05, 0) is 144 Å². The van der Waals surface area contributed by atoms with Gasteiger partial charge in [-0.2, -0.15) is 0 Å². The summed E-state index contributed by atoms with van der Waals surface area (Å²) in [4.78, 5) is 14.9. The van der Waals surface area contributed by atoms with Gasteiger partial charge in [0.15, 0.2) is 28.6 Å². The lowest BCUT2D eigenvalue weighted by Gasteiger charge is -2.09. The third-order valence-corrected chi connectivity index (χ3v) is 23.8. The molecule has 0 atom stereocenters. The minimum atomic E-state index is 0.788. The number of aromatic nitrogens is 7. The van der Waals surface area contributed by atoms with Crippen molar-refractivity contribution in [2.45, 2.75) is 0 Å². The van der Waals surface area contributed by atoms with Gasteiger partial charge in [-0.3, -0.25) is 13.7 Å². The molecule has 0 aliphatic carbocycles. The van der Waals surface area contributed by atoms with Crippen LogP contribution in [0.15, 0.2) is 331 Å². The van der Waals surface area contributed by atoms with Crippen molar-refractivity contribution in [2.75, 3.05) is 0 Å². The zero-order valence-electron chi connectivity index (χ0n) is 55.4. The van der Waals surface area contributed by atoms with Crippen LogP contribution in [0.1, 0.15) is 0 Å². The largest absolute Gasteiger partial charge is 0.454 e. The molecule has 0 saturated heterocycles. The number of benzene rings is 13. The molecular formula is C93H53N7O2S2. The van der Waals surface area contributed by atoms with E-state index in [0.717, 1.165) is 122 Å². The van der Waals surface area contributed by atoms with Gasteiger partial charge in [-0.15, -0.1) is 22.7 Å². The lowest BCUT2D eigenvalue weighted by atomic mass is 10.0. The summed E-state index contributed by atoms with van der Waals surface area (Å²) in [6, 6.07) is 109. The summed E-state index contributed by atoms with van der Waals surface area (Å²) < 4.78 is 27.2. The SMILES string of the molecule is c1ccc2c(c1)oc1c(-n3c4ccccc4c4cc(-c5ccc6c(c5)c5ccccc5n6-c5nccc6c5oc5ccccc56)ccc43)cccc12.c1ccc2c(c1)sc1c(-n3c4ccccc4c4cc(-c5ccc6c(c5)c5ccccc5n6-c5nccc6c5sc5ccccc56)ccc43)nccc12. The fourth-order valence-corrected chi connectivity index (χ4v) is 19.2. The van der Waals surface area contributed by atoms with Gasteiger partial charge >= 0.3 is 0 Å². The highest BCUT2D eigenvalue weighted by Gasteiger charge is 2.25. The molecule has 0 amide bonds. The second-order valence-electron chi connectivity index (χ2n) is 26.9. The lowest BCUT2D eigenvalue weighted by molar-refractivity contribution is 0.663. The van der Waals surface area contributed by atoms with E-state index in [1.807, 2.05) is 71.6 Å². The van der Waals surface area contributed by atoms with Crippen LogP contribution in [0, 0.1) is 0 Å². The molecule has 0 N–H and O–H groups in total. The van der Waals surface area contributed by atoms with E-state index in [1.165, 1.54) is 94.6 Å². The fourth-order valence-electron chi connectivity index (χ4n) is 16.9. The Morgan fingerprint density at radius 3 is 0.990 bits per heavy atom. The monoisotopic (exact) mass is 1360 g/mol. The van der Waals surface area contributed by atoms with Crippen molar-refractivity contribution in [1.82, 2.24) is 33.2 Å². The molecule has 0 spiro atoms. The van der Waals surface area contributed by atoms with Crippen molar-refractivity contribution in [3.05, 3.63) is 322 Å². The summed E-state index contributed by atoms with van der Waals surface area (Å²) in [6.07, 6.45) is 5.79. The first kappa shape index (κ1) is 57.3. The molecule has 104 heavy (non-hydrogen) atoms. The molecule has 24 aromatic rings. The molecule has 0 aliphatic heterocycles. The quantitative estimate of drug-likeness (QED) is 0.166. The Balaban J connectivity index is 0.000000127. The highest BCUT2D eigenvalue weighted by molar-refractivity contribution is 7.26. The smallest absolute Gasteiger partial charge is 0.181 e. The van der Waals surface area contributed by atoms with Crippen LogP contribution >= 0.6 is 22.7 Å². The first-order valence-corrected chi connectivity index (χ1v) is 36.6. The maximum Gasteiger partial charge on any atom is 0.181 e. The van der Waals surface area contributed by atoms with Gasteiger partial charge in [0.2, 0.25) is 0 Å². The van der Waals surface area contributed by atoms with E-state index < -0.39 is 0 Å². The van der Waals surface area contributed by atoms with Gasteiger partial charge in [-0.25, -0.2) is 15.0 Å². The summed E-state index contributed by atoms with van der Waals surface area (Å²) in [7, 11) is 0. The Bertz CT molecular complexity index is 6860. The van der Waals surface area contributed by atoms with Gasteiger partial charge in [0.25, 0.3) is 0 Å². The Hall–Kier alpha value is -13.5. The molecule has 0 bridgehead atoms. The Kier molecular flexibility index (Phi) is 12.1. The number of para-hydroxylation sites is 7. The van der Waals surface area contributed by atoms with Crippen molar-refractivity contribution in [2.24, 2.45) is 0 Å². The van der Waals surface area contributed by atoms with Gasteiger partial charge in [-0.1, -0.05) is 182 Å². The normalized spacial score (nSPS) is 12.2. The predicted octanol–water partition coefficient (Wildman–Crippen LogP) is 25.8. The third kappa shape index (κ3) is 8.27. The van der Waals surface area contributed by atoms with Crippen molar-refractivity contribution in [1.29, 1.82) is 0 Å². The van der Waals surface area contributed by atoms with Crippen LogP contribution in [-0.4, -0.2) is 33.2 Å². The van der Waals surface area contributed by atoms with Crippen LogP contribution in [0.2, 0.25) is 0 Å². The molecular weight excluding hydrogens is 1310 g/mol. The minimum Gasteiger partial charge on any atom is -0.454 e. The van der Waals surface area contributed by atoms with Crippen molar-refractivity contribution < 1.29 is 8.83 Å². The van der Waals surface area contributed by atoms with Crippen LogP contribution < -0.4 is 0 Å². The van der Waals surface area contributed by atoms with Gasteiger partial charge in [0, 0.05) is 114 Å². The highest BCUT2D eigenvalue weighted by atomic mass is 32.1. The number of fused-ring (bicyclic) bond motifs is 24. The van der Waals surface area contributed by atoms with E-state index >= 15 is 0 Å². The van der Waals surface area contributed by atoms with Gasteiger partial charge in [0.05, 0.1) is 59.2 Å². The van der Waals surface area contributed by atoms with E-state index in [0.29, 0.717) is 0 Å². The Morgan fingerprint density at radius 1 is 0.221 bits per heavy atom. The first-order chi connectivity index (χ1) is 51.6. The zero-order valence-corrected chi connectivity index (χ0v) is 57.0. The zero-order chi connectivity index (χ0) is 67.8. The number of hydrogen-bond donors (Lipinski definition) is 0. The second kappa shape index (κ2) is 22.0. The molecule has 11 heterocycles. The summed E-state index contributed by atoms with van der Waals surface area (Å²) in [6.45, 7) is 0. The molecule has 13 aromatic carbocycles. The number of furan rings is 2. The van der Waals surface area contributed by atoms with Crippen LogP contribution in [0.4, 0.5) is 0 Å². The standard InChI is InChI=1S/C47H27N3O2.C46H26N4S2/c1-5-15-38-30(10-1)36-26-28(20-22-40(36)49(38)42-17-9-14-34-32-12-3-7-18-43(32)51-45(34)42)29-21-23-41-37(27-29)31-11-2-6-16-39(31)50(41)47-46-35(24-25-48-47)33-13-4-8-19-44(33)52-46;1-5-13-37-29(9-1)35-25-27(17-19-39(35)49(37)45-43-33(21-23-47-45)31-11-3-7-15-41(31)51-43)28-18-20-40-36(26-28)30-10-2-6-14-38(30)50(40)46-44-34(22-24-48-46)32-12-4-8-16-42(32)52-44/h1-27H;1-26H. The minimum absolute atomic E-state index is 0.788. The van der Waals surface area contributed by atoms with Gasteiger partial charge in [0.1, 0.15) is 11.2 Å². The van der Waals surface area contributed by atoms with Crippen LogP contribution in [0.25, 0.3) is 217 Å². The van der Waals surface area contributed by atoms with Crippen molar-refractivity contribution >= 4 is 194 Å². The fraction of sp³-hybridized carbons (Fsp3) is 0. The molecule has 0 unspecified atom stereocenters. The molecule has 0 saturated carbocycles. The third-order valence-electron chi connectivity index (χ3n) is 21.4. The topological polar surface area (TPSA) is 84.7 Å². The highest BCUT2D eigenvalue weighted by Crippen LogP contribution is 2.47. The maximum atomic E-state index is 6.51. The first-order valence-electron chi connectivity index (χ1n) is 34.9. The molecule has 9 nitrogen and oxygen atoms in total. The predicted molar refractivity (Wildman–Crippen MR) is 435 cm³/mol. The van der Waals surface area contributed by atoms with Crippen molar-refractivity contribution in [3.63, 3.8) is 0 Å². The van der Waals surface area contributed by atoms with E-state index in [4.69, 9.17) is 23.8 Å². The van der Waals surface area contributed by atoms with Gasteiger partial charge < -0.3 is 13.4 Å². The van der Waals surface area contributed by atoms with Crippen LogP contribution in [-0.2, 0) is 0 Å². The summed E-state index contributed by atoms with van der Waals surface area (Å²) >= 11 is 3.64. The molecule has 11 aromatic heterocycles. The van der Waals surface area contributed by atoms with E-state index in [1.54, 1.807) is 0 Å². The number of nitrogens with zero attached hydrogens (tertiary/aromatic N) is 7.